The largest absolute Gasteiger partial charge is 0.482 e. The normalized spacial score (nSPS) is 10.2. The van der Waals surface area contributed by atoms with Crippen LogP contribution in [0.25, 0.3) is 0 Å². The summed E-state index contributed by atoms with van der Waals surface area (Å²) in [6.45, 7) is -0.370. The maximum Gasteiger partial charge on any atom is 0.311 e. The van der Waals surface area contributed by atoms with Crippen LogP contribution < -0.4 is 4.74 Å². The molecule has 0 aliphatic carbocycles. The summed E-state index contributed by atoms with van der Waals surface area (Å²) < 4.78 is 31.6. The van der Waals surface area contributed by atoms with Gasteiger partial charge in [0, 0.05) is 17.2 Å². The number of benzene rings is 2. The number of ether oxygens (including phenoxy) is 1. The van der Waals surface area contributed by atoms with E-state index in [9.17, 15) is 23.7 Å². The lowest BCUT2D eigenvalue weighted by atomic mass is 10.2. The van der Waals surface area contributed by atoms with Crippen LogP contribution in [0.5, 0.6) is 5.75 Å². The Morgan fingerprint density at radius 3 is 2.62 bits per heavy atom. The summed E-state index contributed by atoms with van der Waals surface area (Å²) in [5, 5.41) is 10.9. The van der Waals surface area contributed by atoms with Crippen LogP contribution in [0.1, 0.15) is 15.9 Å². The highest BCUT2D eigenvalue weighted by Crippen LogP contribution is 2.28. The highest BCUT2D eigenvalue weighted by Gasteiger charge is 2.16. The van der Waals surface area contributed by atoms with E-state index in [2.05, 4.69) is 0 Å². The molecule has 2 rings (SSSR count). The summed E-state index contributed by atoms with van der Waals surface area (Å²) >= 11 is 0. The third-order valence-corrected chi connectivity index (χ3v) is 2.71. The predicted octanol–water partition coefficient (Wildman–Crippen LogP) is 3.26. The molecule has 0 amide bonds. The van der Waals surface area contributed by atoms with Crippen molar-refractivity contribution in [3.8, 4) is 5.75 Å². The third kappa shape index (κ3) is 3.38. The van der Waals surface area contributed by atoms with Crippen LogP contribution in [-0.2, 0) is 6.61 Å². The fraction of sp³-hybridized carbons (Fsp3) is 0.0714. The number of carbonyl (C=O) groups excluding carboxylic acids is 1. The first-order valence-corrected chi connectivity index (χ1v) is 5.81. The lowest BCUT2D eigenvalue weighted by Gasteiger charge is -2.08. The summed E-state index contributed by atoms with van der Waals surface area (Å²) in [5.41, 5.74) is -0.369. The third-order valence-electron chi connectivity index (χ3n) is 2.71. The molecular weight excluding hydrogens is 284 g/mol. The molecule has 2 aromatic rings. The van der Waals surface area contributed by atoms with Crippen LogP contribution in [0.2, 0.25) is 0 Å². The zero-order valence-corrected chi connectivity index (χ0v) is 10.6. The minimum absolute atomic E-state index is 0.0660. The molecule has 0 unspecified atom stereocenters. The van der Waals surface area contributed by atoms with Crippen molar-refractivity contribution in [1.82, 2.24) is 0 Å². The second kappa shape index (κ2) is 6.08. The first-order valence-electron chi connectivity index (χ1n) is 5.81. The molecule has 0 aromatic heterocycles. The topological polar surface area (TPSA) is 69.4 Å². The number of hydrogen-bond acceptors (Lipinski definition) is 4. The van der Waals surface area contributed by atoms with Gasteiger partial charge in [0.2, 0.25) is 0 Å². The van der Waals surface area contributed by atoms with Gasteiger partial charge >= 0.3 is 5.69 Å². The molecule has 0 spiro atoms. The van der Waals surface area contributed by atoms with Crippen molar-refractivity contribution < 1.29 is 23.2 Å². The average Bonchev–Trinajstić information content (AvgIpc) is 2.48. The Morgan fingerprint density at radius 2 is 1.95 bits per heavy atom. The lowest BCUT2D eigenvalue weighted by molar-refractivity contribution is -0.386. The molecular formula is C14H9F2NO4. The molecule has 2 aromatic carbocycles. The number of nitro benzene ring substituents is 1. The molecule has 0 atom stereocenters. The number of nitro groups is 1. The Hall–Kier alpha value is -2.83. The Bertz CT molecular complexity index is 703. The average molecular weight is 293 g/mol. The minimum Gasteiger partial charge on any atom is -0.482 e. The van der Waals surface area contributed by atoms with Crippen LogP contribution in [0.4, 0.5) is 14.5 Å². The van der Waals surface area contributed by atoms with Crippen molar-refractivity contribution in [3.63, 3.8) is 0 Å². The maximum atomic E-state index is 13.4. The van der Waals surface area contributed by atoms with Crippen LogP contribution in [0, 0.1) is 21.7 Å². The number of rotatable bonds is 5. The van der Waals surface area contributed by atoms with Crippen LogP contribution in [-0.4, -0.2) is 11.2 Å². The maximum absolute atomic E-state index is 13.4. The van der Waals surface area contributed by atoms with Crippen molar-refractivity contribution in [1.29, 1.82) is 0 Å². The highest BCUT2D eigenvalue weighted by atomic mass is 19.1. The molecule has 0 saturated heterocycles. The first-order chi connectivity index (χ1) is 10.0. The molecule has 0 bridgehead atoms. The number of hydrogen-bond donors (Lipinski definition) is 0. The standard InChI is InChI=1S/C14H9F2NO4/c15-11-2-3-12(16)10(6-11)8-21-14-4-1-9(7-18)5-13(14)17(19)20/h1-7H,8H2. The van der Waals surface area contributed by atoms with Crippen LogP contribution in [0.15, 0.2) is 36.4 Å². The van der Waals surface area contributed by atoms with E-state index in [1.54, 1.807) is 0 Å². The molecule has 108 valence electrons. The molecule has 21 heavy (non-hydrogen) atoms. The Balaban J connectivity index is 2.25. The second-order valence-electron chi connectivity index (χ2n) is 4.13. The Labute approximate surface area is 117 Å². The summed E-state index contributed by atoms with van der Waals surface area (Å²) in [6, 6.07) is 6.46. The highest BCUT2D eigenvalue weighted by molar-refractivity contribution is 5.77. The van der Waals surface area contributed by atoms with E-state index in [0.717, 1.165) is 24.3 Å². The van der Waals surface area contributed by atoms with Crippen molar-refractivity contribution in [2.45, 2.75) is 6.61 Å². The lowest BCUT2D eigenvalue weighted by Crippen LogP contribution is -2.02. The van der Waals surface area contributed by atoms with Gasteiger partial charge in [-0.2, -0.15) is 0 Å². The van der Waals surface area contributed by atoms with E-state index in [1.165, 1.54) is 12.1 Å². The summed E-state index contributed by atoms with van der Waals surface area (Å²) in [4.78, 5) is 20.8. The van der Waals surface area contributed by atoms with E-state index in [0.29, 0.717) is 6.29 Å². The molecule has 0 saturated carbocycles. The van der Waals surface area contributed by atoms with Gasteiger partial charge in [-0.1, -0.05) is 0 Å². The van der Waals surface area contributed by atoms with Gasteiger partial charge in [0.25, 0.3) is 0 Å². The number of halogens is 2. The van der Waals surface area contributed by atoms with Gasteiger partial charge in [0.05, 0.1) is 4.92 Å². The molecule has 0 heterocycles. The van der Waals surface area contributed by atoms with Gasteiger partial charge in [0.1, 0.15) is 24.5 Å². The van der Waals surface area contributed by atoms with Crippen molar-refractivity contribution in [3.05, 3.63) is 69.3 Å². The monoisotopic (exact) mass is 293 g/mol. The van der Waals surface area contributed by atoms with Crippen molar-refractivity contribution in [2.75, 3.05) is 0 Å². The van der Waals surface area contributed by atoms with Gasteiger partial charge in [-0.05, 0) is 30.3 Å². The van der Waals surface area contributed by atoms with E-state index in [-0.39, 0.29) is 23.5 Å². The van der Waals surface area contributed by atoms with Gasteiger partial charge in [-0.25, -0.2) is 8.78 Å². The van der Waals surface area contributed by atoms with E-state index in [1.807, 2.05) is 0 Å². The summed E-state index contributed by atoms with van der Waals surface area (Å²) in [5.74, 6) is -1.45. The van der Waals surface area contributed by atoms with Gasteiger partial charge in [-0.15, -0.1) is 0 Å². The SMILES string of the molecule is O=Cc1ccc(OCc2cc(F)ccc2F)c([N+](=O)[O-])c1. The molecule has 5 nitrogen and oxygen atoms in total. The van der Waals surface area contributed by atoms with Crippen LogP contribution >= 0.6 is 0 Å². The van der Waals surface area contributed by atoms with Gasteiger partial charge in [0.15, 0.2) is 5.75 Å². The fourth-order valence-corrected chi connectivity index (χ4v) is 1.68. The fourth-order valence-electron chi connectivity index (χ4n) is 1.68. The van der Waals surface area contributed by atoms with Crippen molar-refractivity contribution in [2.24, 2.45) is 0 Å². The predicted molar refractivity (Wildman–Crippen MR) is 69.2 cm³/mol. The van der Waals surface area contributed by atoms with Crippen LogP contribution in [0.3, 0.4) is 0 Å². The minimum atomic E-state index is -0.718. The van der Waals surface area contributed by atoms with E-state index in [4.69, 9.17) is 4.74 Å². The number of aldehydes is 1. The number of carbonyl (C=O) groups is 1. The van der Waals surface area contributed by atoms with E-state index < -0.39 is 22.2 Å². The molecule has 0 radical (unpaired) electrons. The molecule has 0 N–H and O–H groups in total. The molecule has 0 aliphatic rings. The van der Waals surface area contributed by atoms with Crippen molar-refractivity contribution >= 4 is 12.0 Å². The molecule has 0 fully saturated rings. The molecule has 7 heteroatoms. The quantitative estimate of drug-likeness (QED) is 0.482. The van der Waals surface area contributed by atoms with E-state index >= 15 is 0 Å². The zero-order chi connectivity index (χ0) is 15.4. The number of nitrogens with zero attached hydrogens (tertiary/aromatic N) is 1. The summed E-state index contributed by atoms with van der Waals surface area (Å²) in [6.07, 6.45) is 0.461. The van der Waals surface area contributed by atoms with Gasteiger partial charge in [-0.3, -0.25) is 14.9 Å². The second-order valence-corrected chi connectivity index (χ2v) is 4.13. The first kappa shape index (κ1) is 14.6. The van der Waals surface area contributed by atoms with Gasteiger partial charge < -0.3 is 4.74 Å². The smallest absolute Gasteiger partial charge is 0.311 e. The Morgan fingerprint density at radius 1 is 1.19 bits per heavy atom. The Kier molecular flexibility index (Phi) is 4.22. The summed E-state index contributed by atoms with van der Waals surface area (Å²) in [7, 11) is 0. The molecule has 0 aliphatic heterocycles. The zero-order valence-electron chi connectivity index (χ0n) is 10.6.